The topological polar surface area (TPSA) is 66.9 Å². The zero-order valence-electron chi connectivity index (χ0n) is 12.6. The van der Waals surface area contributed by atoms with Crippen LogP contribution in [0.15, 0.2) is 57.2 Å². The number of carbonyl (C=O) groups excluding carboxylic acids is 1. The molecule has 1 amide bonds. The first-order valence-electron chi connectivity index (χ1n) is 6.97. The Labute approximate surface area is 141 Å². The third-order valence-corrected chi connectivity index (χ3v) is 4.14. The van der Waals surface area contributed by atoms with E-state index >= 15 is 0 Å². The van der Waals surface area contributed by atoms with Crippen molar-refractivity contribution in [1.29, 1.82) is 0 Å². The molecule has 116 valence electrons. The fourth-order valence-electron chi connectivity index (χ4n) is 2.33. The highest BCUT2D eigenvalue weighted by molar-refractivity contribution is 9.10. The van der Waals surface area contributed by atoms with Crippen LogP contribution in [0.25, 0.3) is 10.9 Å². The summed E-state index contributed by atoms with van der Waals surface area (Å²) in [5.41, 5.74) is 2.61. The lowest BCUT2D eigenvalue weighted by Crippen LogP contribution is -1.93. The van der Waals surface area contributed by atoms with Crippen LogP contribution in [0.1, 0.15) is 15.9 Å². The molecule has 5 nitrogen and oxygen atoms in total. The molecule has 3 aromatic rings. The predicted molar refractivity (Wildman–Crippen MR) is 92.3 cm³/mol. The second-order valence-electron chi connectivity index (χ2n) is 5.26. The molecule has 1 aromatic heterocycles. The number of benzene rings is 2. The first kappa shape index (κ1) is 15.4. The maximum Gasteiger partial charge on any atom is 0.295 e. The van der Waals surface area contributed by atoms with Crippen molar-refractivity contribution in [3.63, 3.8) is 0 Å². The molecule has 0 bridgehead atoms. The van der Waals surface area contributed by atoms with E-state index in [4.69, 9.17) is 0 Å². The van der Waals surface area contributed by atoms with Crippen LogP contribution in [-0.4, -0.2) is 15.6 Å². The first-order valence-corrected chi connectivity index (χ1v) is 7.76. The molecule has 0 aliphatic heterocycles. The smallest absolute Gasteiger partial charge is 0.295 e. The summed E-state index contributed by atoms with van der Waals surface area (Å²) in [5.74, 6) is -0.477. The quantitative estimate of drug-likeness (QED) is 0.652. The van der Waals surface area contributed by atoms with Crippen molar-refractivity contribution in [1.82, 2.24) is 4.57 Å². The zero-order chi connectivity index (χ0) is 16.6. The van der Waals surface area contributed by atoms with E-state index in [0.29, 0.717) is 5.56 Å². The molecule has 0 radical (unpaired) electrons. The summed E-state index contributed by atoms with van der Waals surface area (Å²) in [5, 5.41) is 18.7. The third kappa shape index (κ3) is 2.90. The normalized spacial score (nSPS) is 11.4. The van der Waals surface area contributed by atoms with Gasteiger partial charge in [-0.15, -0.1) is 10.2 Å². The van der Waals surface area contributed by atoms with Gasteiger partial charge in [-0.05, 0) is 37.3 Å². The van der Waals surface area contributed by atoms with Crippen LogP contribution < -0.4 is 0 Å². The van der Waals surface area contributed by atoms with Gasteiger partial charge < -0.3 is 9.67 Å². The number of fused-ring (bicyclic) bond motifs is 1. The molecule has 0 atom stereocenters. The number of aryl methyl sites for hydroxylation is 2. The van der Waals surface area contributed by atoms with Gasteiger partial charge in [-0.2, -0.15) is 0 Å². The summed E-state index contributed by atoms with van der Waals surface area (Å²) in [6, 6.07) is 12.7. The maximum absolute atomic E-state index is 12.1. The van der Waals surface area contributed by atoms with E-state index in [0.717, 1.165) is 20.9 Å². The molecule has 0 unspecified atom stereocenters. The molecular weight excluding hydrogens is 358 g/mol. The minimum atomic E-state index is -0.448. The largest absolute Gasteiger partial charge is 0.493 e. The van der Waals surface area contributed by atoms with Crippen LogP contribution in [0.4, 0.5) is 5.69 Å². The summed E-state index contributed by atoms with van der Waals surface area (Å²) < 4.78 is 2.46. The second kappa shape index (κ2) is 5.96. The standard InChI is InChI=1S/C17H14BrN3O2/c1-10-3-5-11(6-4-10)16(22)20-19-15-13-9-12(18)7-8-14(13)21(2)17(15)23/h3-9,23H,1-2H3. The van der Waals surface area contributed by atoms with E-state index in [1.54, 1.807) is 23.7 Å². The van der Waals surface area contributed by atoms with Crippen LogP contribution in [0.2, 0.25) is 0 Å². The number of aromatic hydroxyl groups is 1. The van der Waals surface area contributed by atoms with Crippen molar-refractivity contribution in [3.8, 4) is 5.88 Å². The Hall–Kier alpha value is -2.47. The minimum absolute atomic E-state index is 0.0291. The SMILES string of the molecule is Cc1ccc(C(=O)N=Nc2c(O)n(C)c3ccc(Br)cc23)cc1. The molecule has 6 heteroatoms. The summed E-state index contributed by atoms with van der Waals surface area (Å²) in [7, 11) is 1.73. The van der Waals surface area contributed by atoms with Crippen molar-refractivity contribution in [2.45, 2.75) is 6.92 Å². The Morgan fingerprint density at radius 3 is 2.57 bits per heavy atom. The number of hydrogen-bond donors (Lipinski definition) is 1. The van der Waals surface area contributed by atoms with Crippen LogP contribution in [-0.2, 0) is 7.05 Å². The van der Waals surface area contributed by atoms with Crippen molar-refractivity contribution < 1.29 is 9.90 Å². The van der Waals surface area contributed by atoms with Gasteiger partial charge in [0.15, 0.2) is 5.69 Å². The minimum Gasteiger partial charge on any atom is -0.493 e. The van der Waals surface area contributed by atoms with Crippen molar-refractivity contribution in [2.24, 2.45) is 17.3 Å². The Kier molecular flexibility index (Phi) is 4.00. The lowest BCUT2D eigenvalue weighted by molar-refractivity contribution is 0.0995. The number of hydrogen-bond acceptors (Lipinski definition) is 3. The van der Waals surface area contributed by atoms with Gasteiger partial charge in [0.05, 0.1) is 5.52 Å². The van der Waals surface area contributed by atoms with E-state index in [9.17, 15) is 9.90 Å². The van der Waals surface area contributed by atoms with E-state index in [1.165, 1.54) is 0 Å². The molecule has 3 rings (SSSR count). The van der Waals surface area contributed by atoms with E-state index in [1.807, 2.05) is 37.3 Å². The van der Waals surface area contributed by atoms with Gasteiger partial charge >= 0.3 is 0 Å². The van der Waals surface area contributed by atoms with E-state index in [2.05, 4.69) is 26.2 Å². The summed E-state index contributed by atoms with van der Waals surface area (Å²) >= 11 is 3.39. The van der Waals surface area contributed by atoms with Crippen molar-refractivity contribution in [2.75, 3.05) is 0 Å². The van der Waals surface area contributed by atoms with Crippen LogP contribution >= 0.6 is 15.9 Å². The number of carbonyl (C=O) groups is 1. The summed E-state index contributed by atoms with van der Waals surface area (Å²) in [4.78, 5) is 12.1. The molecule has 1 N–H and O–H groups in total. The molecule has 0 aliphatic rings. The Bertz CT molecular complexity index is 927. The van der Waals surface area contributed by atoms with E-state index in [-0.39, 0.29) is 11.6 Å². The molecule has 0 aliphatic carbocycles. The Morgan fingerprint density at radius 2 is 1.87 bits per heavy atom. The zero-order valence-corrected chi connectivity index (χ0v) is 14.2. The number of azo groups is 1. The van der Waals surface area contributed by atoms with E-state index < -0.39 is 5.91 Å². The fourth-order valence-corrected chi connectivity index (χ4v) is 2.69. The fraction of sp³-hybridized carbons (Fsp3) is 0.118. The number of nitrogens with zero attached hydrogens (tertiary/aromatic N) is 3. The molecule has 0 fully saturated rings. The average Bonchev–Trinajstić information content (AvgIpc) is 2.77. The molecule has 0 spiro atoms. The molecule has 1 heterocycles. The van der Waals surface area contributed by atoms with Gasteiger partial charge in [-0.3, -0.25) is 4.79 Å². The first-order chi connectivity index (χ1) is 11.0. The van der Waals surface area contributed by atoms with Gasteiger partial charge in [0.2, 0.25) is 5.88 Å². The average molecular weight is 372 g/mol. The van der Waals surface area contributed by atoms with Gasteiger partial charge in [-0.1, -0.05) is 33.6 Å². The van der Waals surface area contributed by atoms with Crippen LogP contribution in [0, 0.1) is 6.92 Å². The molecular formula is C17H14BrN3O2. The Balaban J connectivity index is 2.01. The monoisotopic (exact) mass is 371 g/mol. The van der Waals surface area contributed by atoms with Crippen LogP contribution in [0.3, 0.4) is 0 Å². The molecule has 2 aromatic carbocycles. The summed E-state index contributed by atoms with van der Waals surface area (Å²) in [6.45, 7) is 1.95. The third-order valence-electron chi connectivity index (χ3n) is 3.64. The highest BCUT2D eigenvalue weighted by Gasteiger charge is 2.15. The van der Waals surface area contributed by atoms with Gasteiger partial charge in [0, 0.05) is 22.5 Å². The van der Waals surface area contributed by atoms with Crippen molar-refractivity contribution >= 4 is 38.4 Å². The Morgan fingerprint density at radius 1 is 1.17 bits per heavy atom. The molecule has 0 saturated carbocycles. The number of rotatable bonds is 2. The highest BCUT2D eigenvalue weighted by Crippen LogP contribution is 2.39. The predicted octanol–water partition coefficient (Wildman–Crippen LogP) is 4.88. The summed E-state index contributed by atoms with van der Waals surface area (Å²) in [6.07, 6.45) is 0. The number of amides is 1. The lowest BCUT2D eigenvalue weighted by Gasteiger charge is -1.96. The highest BCUT2D eigenvalue weighted by atomic mass is 79.9. The van der Waals surface area contributed by atoms with Gasteiger partial charge in [-0.25, -0.2) is 0 Å². The molecule has 23 heavy (non-hydrogen) atoms. The van der Waals surface area contributed by atoms with Gasteiger partial charge in [0.25, 0.3) is 5.91 Å². The second-order valence-corrected chi connectivity index (χ2v) is 6.18. The number of aromatic nitrogens is 1. The molecule has 0 saturated heterocycles. The maximum atomic E-state index is 12.1. The van der Waals surface area contributed by atoms with Gasteiger partial charge in [0.1, 0.15) is 0 Å². The lowest BCUT2D eigenvalue weighted by atomic mass is 10.1. The number of halogens is 1. The van der Waals surface area contributed by atoms with Crippen LogP contribution in [0.5, 0.6) is 5.88 Å². The van der Waals surface area contributed by atoms with Crippen molar-refractivity contribution in [3.05, 3.63) is 58.1 Å².